The maximum Gasteiger partial charge on any atom is 0.0611 e. The summed E-state index contributed by atoms with van der Waals surface area (Å²) >= 11 is 0. The van der Waals surface area contributed by atoms with Crippen molar-refractivity contribution >= 4 is 0 Å². The maximum absolute atomic E-state index is 6.64. The summed E-state index contributed by atoms with van der Waals surface area (Å²) in [6.45, 7) is 20.3. The number of nitrogens with two attached hydrogens (primary N) is 1. The first-order valence-corrected chi connectivity index (χ1v) is 14.4. The Balaban J connectivity index is 0.000000860. The van der Waals surface area contributed by atoms with Crippen molar-refractivity contribution in [2.75, 3.05) is 19.8 Å². The van der Waals surface area contributed by atoms with Crippen LogP contribution in [0.25, 0.3) is 0 Å². The Morgan fingerprint density at radius 2 is 1.47 bits per heavy atom. The van der Waals surface area contributed by atoms with E-state index in [0.29, 0.717) is 36.2 Å². The van der Waals surface area contributed by atoms with Crippen LogP contribution in [0, 0.1) is 40.4 Å². The highest BCUT2D eigenvalue weighted by Gasteiger charge is 2.62. The van der Waals surface area contributed by atoms with Crippen LogP contribution in [0.3, 0.4) is 0 Å². The van der Waals surface area contributed by atoms with Crippen LogP contribution in [0.15, 0.2) is 0 Å². The van der Waals surface area contributed by atoms with Gasteiger partial charge in [0.05, 0.1) is 18.8 Å². The van der Waals surface area contributed by atoms with E-state index in [4.69, 9.17) is 15.2 Å². The molecule has 0 aromatic rings. The number of hydrogen-bond acceptors (Lipinski definition) is 3. The molecule has 8 unspecified atom stereocenters. The van der Waals surface area contributed by atoms with Crippen molar-refractivity contribution in [3.63, 3.8) is 0 Å². The van der Waals surface area contributed by atoms with Gasteiger partial charge in [-0.2, -0.15) is 0 Å². The molecule has 4 aliphatic carbocycles. The van der Waals surface area contributed by atoms with Gasteiger partial charge in [-0.15, -0.1) is 0 Å². The minimum Gasteiger partial charge on any atom is -0.378 e. The van der Waals surface area contributed by atoms with Gasteiger partial charge in [-0.05, 0) is 98.2 Å². The minimum atomic E-state index is 0.422. The minimum absolute atomic E-state index is 0.422. The summed E-state index contributed by atoms with van der Waals surface area (Å²) in [6, 6.07) is 0. The normalized spacial score (nSPS) is 44.7. The highest BCUT2D eigenvalue weighted by Crippen LogP contribution is 2.67. The van der Waals surface area contributed by atoms with Crippen LogP contribution in [0.1, 0.15) is 113 Å². The highest BCUT2D eigenvalue weighted by molar-refractivity contribution is 5.11. The van der Waals surface area contributed by atoms with E-state index < -0.39 is 0 Å². The van der Waals surface area contributed by atoms with Gasteiger partial charge in [0.25, 0.3) is 0 Å². The summed E-state index contributed by atoms with van der Waals surface area (Å²) in [6.07, 6.45) is 12.8. The molecule has 4 saturated carbocycles. The van der Waals surface area contributed by atoms with Gasteiger partial charge in [0.15, 0.2) is 0 Å². The lowest BCUT2D eigenvalue weighted by Gasteiger charge is -2.63. The molecule has 4 rings (SSSR count). The van der Waals surface area contributed by atoms with Crippen LogP contribution in [0.2, 0.25) is 0 Å². The summed E-state index contributed by atoms with van der Waals surface area (Å²) in [5, 5.41) is 0. The molecule has 3 heteroatoms. The van der Waals surface area contributed by atoms with Crippen LogP contribution >= 0.6 is 0 Å². The standard InChI is InChI=1S/C25H45NO2.2C2H6/c1-5-13-28-22-16-18-15-19(27-14-12-26)8-10-25(18,4)21-9-11-24(3)17(2)6-7-20(24)23(21)22;2*1-2/h17-23H,5-16,26H2,1-4H3;2*1-2H3/t17?,18?,19-,20?,21?,22?,23?,24?,25?;;/m1../s1. The predicted octanol–water partition coefficient (Wildman–Crippen LogP) is 7.47. The molecular formula is C29H57NO2. The fraction of sp³-hybridized carbons (Fsp3) is 1.00. The summed E-state index contributed by atoms with van der Waals surface area (Å²) in [5.74, 6) is 4.17. The van der Waals surface area contributed by atoms with E-state index >= 15 is 0 Å². The van der Waals surface area contributed by atoms with Gasteiger partial charge < -0.3 is 15.2 Å². The first-order valence-electron chi connectivity index (χ1n) is 14.4. The van der Waals surface area contributed by atoms with Crippen molar-refractivity contribution < 1.29 is 9.47 Å². The zero-order valence-electron chi connectivity index (χ0n) is 22.9. The molecule has 0 spiro atoms. The van der Waals surface area contributed by atoms with E-state index in [1.54, 1.807) is 0 Å². The van der Waals surface area contributed by atoms with Gasteiger partial charge in [0.2, 0.25) is 0 Å². The predicted molar refractivity (Wildman–Crippen MR) is 138 cm³/mol. The molecule has 0 saturated heterocycles. The third-order valence-corrected chi connectivity index (χ3v) is 10.1. The summed E-state index contributed by atoms with van der Waals surface area (Å²) < 4.78 is 12.8. The molecule has 0 radical (unpaired) electrons. The molecule has 0 aliphatic heterocycles. The Labute approximate surface area is 201 Å². The Hall–Kier alpha value is -0.120. The highest BCUT2D eigenvalue weighted by atomic mass is 16.5. The lowest BCUT2D eigenvalue weighted by Crippen LogP contribution is -2.59. The molecule has 0 amide bonds. The largest absolute Gasteiger partial charge is 0.378 e. The molecule has 0 aromatic heterocycles. The van der Waals surface area contributed by atoms with Crippen LogP contribution in [0.4, 0.5) is 0 Å². The molecular weight excluding hydrogens is 394 g/mol. The van der Waals surface area contributed by atoms with Gasteiger partial charge in [-0.25, -0.2) is 0 Å². The molecule has 4 aliphatic rings. The fourth-order valence-electron chi connectivity index (χ4n) is 8.25. The Bertz CT molecular complexity index is 539. The molecule has 0 heterocycles. The Kier molecular flexibility index (Phi) is 11.0. The Morgan fingerprint density at radius 1 is 0.812 bits per heavy atom. The smallest absolute Gasteiger partial charge is 0.0611 e. The van der Waals surface area contributed by atoms with Gasteiger partial charge >= 0.3 is 0 Å². The first-order chi connectivity index (χ1) is 15.4. The molecule has 3 nitrogen and oxygen atoms in total. The van der Waals surface area contributed by atoms with Gasteiger partial charge in [0, 0.05) is 13.2 Å². The van der Waals surface area contributed by atoms with Crippen LogP contribution in [-0.4, -0.2) is 32.0 Å². The zero-order valence-corrected chi connectivity index (χ0v) is 22.9. The van der Waals surface area contributed by atoms with E-state index in [9.17, 15) is 0 Å². The van der Waals surface area contributed by atoms with Crippen LogP contribution < -0.4 is 5.73 Å². The Morgan fingerprint density at radius 3 is 2.12 bits per heavy atom. The third-order valence-electron chi connectivity index (χ3n) is 10.1. The number of ether oxygens (including phenoxy) is 2. The monoisotopic (exact) mass is 451 g/mol. The van der Waals surface area contributed by atoms with Gasteiger partial charge in [-0.1, -0.05) is 55.4 Å². The van der Waals surface area contributed by atoms with E-state index in [1.165, 1.54) is 51.4 Å². The molecule has 0 bridgehead atoms. The average Bonchev–Trinajstić information content (AvgIpc) is 3.13. The summed E-state index contributed by atoms with van der Waals surface area (Å²) in [5.41, 5.74) is 6.74. The quantitative estimate of drug-likeness (QED) is 0.455. The van der Waals surface area contributed by atoms with Crippen molar-refractivity contribution in [1.82, 2.24) is 0 Å². The van der Waals surface area contributed by atoms with Crippen LogP contribution in [0.5, 0.6) is 0 Å². The molecule has 2 N–H and O–H groups in total. The molecule has 4 fully saturated rings. The summed E-state index contributed by atoms with van der Waals surface area (Å²) in [7, 11) is 0. The third kappa shape index (κ3) is 5.25. The lowest BCUT2D eigenvalue weighted by atomic mass is 9.44. The second kappa shape index (κ2) is 12.5. The van der Waals surface area contributed by atoms with Gasteiger partial charge in [0.1, 0.15) is 0 Å². The number of rotatable bonds is 6. The maximum atomic E-state index is 6.64. The number of fused-ring (bicyclic) bond motifs is 5. The topological polar surface area (TPSA) is 44.5 Å². The molecule has 32 heavy (non-hydrogen) atoms. The molecule has 190 valence electrons. The second-order valence-electron chi connectivity index (χ2n) is 11.2. The molecule has 0 aromatic carbocycles. The van der Waals surface area contributed by atoms with E-state index in [-0.39, 0.29) is 0 Å². The lowest BCUT2D eigenvalue weighted by molar-refractivity contribution is -0.189. The summed E-state index contributed by atoms with van der Waals surface area (Å²) in [4.78, 5) is 0. The van der Waals surface area contributed by atoms with E-state index in [0.717, 1.165) is 42.6 Å². The zero-order chi connectivity index (χ0) is 23.9. The van der Waals surface area contributed by atoms with Gasteiger partial charge in [-0.3, -0.25) is 0 Å². The first kappa shape index (κ1) is 28.1. The van der Waals surface area contributed by atoms with Crippen molar-refractivity contribution in [3.05, 3.63) is 0 Å². The fourth-order valence-corrected chi connectivity index (χ4v) is 8.25. The second-order valence-corrected chi connectivity index (χ2v) is 11.2. The molecule has 9 atom stereocenters. The average molecular weight is 452 g/mol. The number of hydrogen-bond donors (Lipinski definition) is 1. The van der Waals surface area contributed by atoms with Crippen molar-refractivity contribution in [2.24, 2.45) is 46.2 Å². The van der Waals surface area contributed by atoms with Crippen molar-refractivity contribution in [3.8, 4) is 0 Å². The SMILES string of the molecule is CC.CC.CCCOC1CC2C[C@H](OCCN)CCC2(C)C2CCC3(C)C(C)CCC3C12. The van der Waals surface area contributed by atoms with Crippen molar-refractivity contribution in [1.29, 1.82) is 0 Å². The van der Waals surface area contributed by atoms with E-state index in [2.05, 4.69) is 27.7 Å². The van der Waals surface area contributed by atoms with E-state index in [1.807, 2.05) is 27.7 Å². The van der Waals surface area contributed by atoms with Crippen LogP contribution in [-0.2, 0) is 9.47 Å². The van der Waals surface area contributed by atoms with Crippen molar-refractivity contribution in [2.45, 2.75) is 125 Å².